The number of nitrogens with one attached hydrogen (secondary N) is 2. The van der Waals surface area contributed by atoms with Gasteiger partial charge in [-0.05, 0) is 36.8 Å². The topological polar surface area (TPSA) is 79.2 Å². The lowest BCUT2D eigenvalue weighted by Gasteiger charge is -2.00. The molecule has 0 aliphatic rings. The third-order valence-electron chi connectivity index (χ3n) is 3.79. The van der Waals surface area contributed by atoms with Crippen molar-refractivity contribution in [2.24, 2.45) is 5.10 Å². The van der Waals surface area contributed by atoms with Crippen LogP contribution in [0.15, 0.2) is 64.5 Å². The molecule has 0 atom stereocenters. The second kappa shape index (κ2) is 7.84. The van der Waals surface area contributed by atoms with E-state index in [1.54, 1.807) is 31.2 Å². The Hall–Kier alpha value is -3.12. The first kappa shape index (κ1) is 17.7. The van der Waals surface area contributed by atoms with Gasteiger partial charge in [0.2, 0.25) is 5.91 Å². The van der Waals surface area contributed by atoms with Crippen molar-refractivity contribution in [3.8, 4) is 5.69 Å². The molecule has 0 bridgehead atoms. The summed E-state index contributed by atoms with van der Waals surface area (Å²) in [7, 11) is 0. The van der Waals surface area contributed by atoms with Gasteiger partial charge in [0.1, 0.15) is 0 Å². The number of hydrogen-bond donors (Lipinski definition) is 2. The van der Waals surface area contributed by atoms with Gasteiger partial charge in [0.05, 0.1) is 23.9 Å². The number of aromatic nitrogens is 2. The Morgan fingerprint density at radius 2 is 1.88 bits per heavy atom. The van der Waals surface area contributed by atoms with Gasteiger partial charge < -0.3 is 0 Å². The number of nitrogens with zero attached hydrogens (tertiary/aromatic N) is 2. The predicted octanol–water partition coefficient (Wildman–Crippen LogP) is 2.82. The lowest BCUT2D eigenvalue weighted by Crippen LogP contribution is -2.21. The molecule has 1 heterocycles. The molecule has 132 valence electrons. The first-order chi connectivity index (χ1) is 12.5. The zero-order chi connectivity index (χ0) is 18.5. The number of halogens is 1. The molecule has 2 N–H and O–H groups in total. The lowest BCUT2D eigenvalue weighted by molar-refractivity contribution is -0.120. The fourth-order valence-corrected chi connectivity index (χ4v) is 2.60. The van der Waals surface area contributed by atoms with Gasteiger partial charge in [0.15, 0.2) is 0 Å². The standard InChI is InChI=1S/C19H17ClN4O2/c1-13-17(12-21-22-18(25)11-14-5-3-2-4-6-14)19(26)24(23-13)16-9-7-15(20)8-10-16/h2-10,12,23H,11H2,1H3,(H,22,25)/b21-12+. The molecule has 0 radical (unpaired) electrons. The summed E-state index contributed by atoms with van der Waals surface area (Å²) in [5.74, 6) is -0.251. The van der Waals surface area contributed by atoms with Crippen LogP contribution in [0.1, 0.15) is 16.8 Å². The van der Waals surface area contributed by atoms with Gasteiger partial charge >= 0.3 is 0 Å². The highest BCUT2D eigenvalue weighted by atomic mass is 35.5. The van der Waals surface area contributed by atoms with Crippen molar-refractivity contribution in [2.75, 3.05) is 0 Å². The van der Waals surface area contributed by atoms with E-state index in [4.69, 9.17) is 11.6 Å². The van der Waals surface area contributed by atoms with Crippen LogP contribution in [0.5, 0.6) is 0 Å². The summed E-state index contributed by atoms with van der Waals surface area (Å²) in [4.78, 5) is 24.4. The van der Waals surface area contributed by atoms with Crippen LogP contribution in [0.4, 0.5) is 0 Å². The SMILES string of the molecule is Cc1[nH]n(-c2ccc(Cl)cc2)c(=O)c1/C=N/NC(=O)Cc1ccccc1. The number of aromatic amines is 1. The molecule has 6 nitrogen and oxygen atoms in total. The van der Waals surface area contributed by atoms with Gasteiger partial charge in [0, 0.05) is 10.7 Å². The Bertz CT molecular complexity index is 989. The maximum Gasteiger partial charge on any atom is 0.280 e. The van der Waals surface area contributed by atoms with Gasteiger partial charge in [-0.3, -0.25) is 14.7 Å². The summed E-state index contributed by atoms with van der Waals surface area (Å²) >= 11 is 5.87. The molecule has 3 aromatic rings. The summed E-state index contributed by atoms with van der Waals surface area (Å²) < 4.78 is 1.40. The predicted molar refractivity (Wildman–Crippen MR) is 102 cm³/mol. The fraction of sp³-hybridized carbons (Fsp3) is 0.105. The Morgan fingerprint density at radius 3 is 2.58 bits per heavy atom. The molecular weight excluding hydrogens is 352 g/mol. The van der Waals surface area contributed by atoms with Crippen LogP contribution in [-0.2, 0) is 11.2 Å². The molecule has 0 saturated heterocycles. The van der Waals surface area contributed by atoms with E-state index in [9.17, 15) is 9.59 Å². The maximum atomic E-state index is 12.5. The van der Waals surface area contributed by atoms with Crippen LogP contribution in [0.2, 0.25) is 5.02 Å². The van der Waals surface area contributed by atoms with Crippen molar-refractivity contribution >= 4 is 23.7 Å². The number of amides is 1. The number of hydrazone groups is 1. The van der Waals surface area contributed by atoms with E-state index in [0.717, 1.165) is 5.56 Å². The van der Waals surface area contributed by atoms with Crippen molar-refractivity contribution in [1.29, 1.82) is 0 Å². The van der Waals surface area contributed by atoms with Crippen molar-refractivity contribution in [2.45, 2.75) is 13.3 Å². The first-order valence-corrected chi connectivity index (χ1v) is 8.36. The maximum absolute atomic E-state index is 12.5. The van der Waals surface area contributed by atoms with Crippen LogP contribution in [0.3, 0.4) is 0 Å². The van der Waals surface area contributed by atoms with E-state index in [1.165, 1.54) is 10.9 Å². The van der Waals surface area contributed by atoms with Gasteiger partial charge in [-0.1, -0.05) is 41.9 Å². The number of benzene rings is 2. The van der Waals surface area contributed by atoms with Gasteiger partial charge in [-0.15, -0.1) is 0 Å². The Morgan fingerprint density at radius 1 is 1.19 bits per heavy atom. The number of carbonyl (C=O) groups is 1. The minimum absolute atomic E-state index is 0.222. The van der Waals surface area contributed by atoms with Crippen LogP contribution >= 0.6 is 11.6 Å². The number of carbonyl (C=O) groups excluding carboxylic acids is 1. The highest BCUT2D eigenvalue weighted by Crippen LogP contribution is 2.12. The molecule has 0 fully saturated rings. The summed E-state index contributed by atoms with van der Waals surface area (Å²) in [6.07, 6.45) is 1.57. The molecule has 1 aromatic heterocycles. The lowest BCUT2D eigenvalue weighted by atomic mass is 10.1. The van der Waals surface area contributed by atoms with Gasteiger partial charge in [-0.25, -0.2) is 10.1 Å². The molecule has 0 spiro atoms. The molecule has 26 heavy (non-hydrogen) atoms. The molecule has 7 heteroatoms. The smallest absolute Gasteiger partial charge is 0.280 e. The third-order valence-corrected chi connectivity index (χ3v) is 4.04. The second-order valence-corrected chi connectivity index (χ2v) is 6.16. The molecule has 0 saturated carbocycles. The van der Waals surface area contributed by atoms with Crippen molar-refractivity contribution in [1.82, 2.24) is 15.2 Å². The van der Waals surface area contributed by atoms with Gasteiger partial charge in [-0.2, -0.15) is 5.10 Å². The summed E-state index contributed by atoms with van der Waals surface area (Å²) in [5, 5.41) is 7.48. The first-order valence-electron chi connectivity index (χ1n) is 7.98. The Balaban J connectivity index is 1.72. The summed E-state index contributed by atoms with van der Waals surface area (Å²) in [6, 6.07) is 16.2. The van der Waals surface area contributed by atoms with Crippen molar-refractivity contribution in [3.63, 3.8) is 0 Å². The number of aryl methyl sites for hydroxylation is 1. The number of rotatable bonds is 5. The number of hydrogen-bond acceptors (Lipinski definition) is 3. The van der Waals surface area contributed by atoms with E-state index in [0.29, 0.717) is 22.0 Å². The van der Waals surface area contributed by atoms with Crippen molar-refractivity contribution < 1.29 is 4.79 Å². The molecular formula is C19H17ClN4O2. The van der Waals surface area contributed by atoms with E-state index < -0.39 is 0 Å². The zero-order valence-electron chi connectivity index (χ0n) is 14.1. The van der Waals surface area contributed by atoms with E-state index >= 15 is 0 Å². The summed E-state index contributed by atoms with van der Waals surface area (Å²) in [5.41, 5.74) is 4.76. The van der Waals surface area contributed by atoms with E-state index in [-0.39, 0.29) is 17.9 Å². The quantitative estimate of drug-likeness (QED) is 0.536. The average molecular weight is 369 g/mol. The van der Waals surface area contributed by atoms with E-state index in [1.807, 2.05) is 30.3 Å². The molecule has 0 unspecified atom stereocenters. The average Bonchev–Trinajstić information content (AvgIpc) is 2.91. The largest absolute Gasteiger partial charge is 0.295 e. The Kier molecular flexibility index (Phi) is 5.34. The molecule has 1 amide bonds. The van der Waals surface area contributed by atoms with E-state index in [2.05, 4.69) is 15.6 Å². The second-order valence-electron chi connectivity index (χ2n) is 5.72. The van der Waals surface area contributed by atoms with Crippen molar-refractivity contribution in [3.05, 3.63) is 86.8 Å². The normalized spacial score (nSPS) is 11.0. The molecule has 2 aromatic carbocycles. The molecule has 3 rings (SSSR count). The number of H-pyrrole nitrogens is 1. The fourth-order valence-electron chi connectivity index (χ4n) is 2.47. The monoisotopic (exact) mass is 368 g/mol. The van der Waals surface area contributed by atoms with Gasteiger partial charge in [0.25, 0.3) is 5.56 Å². The minimum Gasteiger partial charge on any atom is -0.295 e. The highest BCUT2D eigenvalue weighted by Gasteiger charge is 2.11. The molecule has 0 aliphatic heterocycles. The Labute approximate surface area is 155 Å². The van der Waals surface area contributed by atoms with Crippen LogP contribution in [-0.4, -0.2) is 21.9 Å². The van der Waals surface area contributed by atoms with Crippen LogP contribution in [0.25, 0.3) is 5.69 Å². The third kappa shape index (κ3) is 4.10. The van der Waals surface area contributed by atoms with Crippen LogP contribution < -0.4 is 11.0 Å². The molecule has 0 aliphatic carbocycles. The zero-order valence-corrected chi connectivity index (χ0v) is 14.8. The van der Waals surface area contributed by atoms with Crippen LogP contribution in [0, 0.1) is 6.92 Å². The minimum atomic E-state index is -0.258. The highest BCUT2D eigenvalue weighted by molar-refractivity contribution is 6.30. The summed E-state index contributed by atoms with van der Waals surface area (Å²) in [6.45, 7) is 1.76.